The molecule has 30 heavy (non-hydrogen) atoms. The van der Waals surface area contributed by atoms with Gasteiger partial charge in [-0.1, -0.05) is 29.8 Å². The summed E-state index contributed by atoms with van der Waals surface area (Å²) in [5, 5.41) is 13.1. The number of rotatable bonds is 5. The molecule has 2 aromatic rings. The van der Waals surface area contributed by atoms with Gasteiger partial charge in [0.2, 0.25) is 0 Å². The molecule has 2 fully saturated rings. The minimum Gasteiger partial charge on any atom is -0.348 e. The molecule has 0 spiro atoms. The van der Waals surface area contributed by atoms with Crippen LogP contribution in [0.4, 0.5) is 0 Å². The Kier molecular flexibility index (Phi) is 6.72. The van der Waals surface area contributed by atoms with Crippen molar-refractivity contribution in [1.29, 1.82) is 5.26 Å². The highest BCUT2D eigenvalue weighted by molar-refractivity contribution is 6.30. The van der Waals surface area contributed by atoms with Crippen molar-refractivity contribution in [2.24, 2.45) is 5.92 Å². The Bertz CT molecular complexity index is 913. The fourth-order valence-corrected chi connectivity index (χ4v) is 5.10. The summed E-state index contributed by atoms with van der Waals surface area (Å²) < 4.78 is 0. The van der Waals surface area contributed by atoms with Crippen molar-refractivity contribution in [3.8, 4) is 6.07 Å². The van der Waals surface area contributed by atoms with E-state index in [0.29, 0.717) is 23.1 Å². The third-order valence-electron chi connectivity index (χ3n) is 6.61. The second kappa shape index (κ2) is 9.64. The number of halogens is 1. The Balaban J connectivity index is 1.31. The molecule has 0 bridgehead atoms. The fourth-order valence-electron chi connectivity index (χ4n) is 4.97. The summed E-state index contributed by atoms with van der Waals surface area (Å²) in [6.45, 7) is 2.19. The zero-order chi connectivity index (χ0) is 20.9. The lowest BCUT2D eigenvalue weighted by molar-refractivity contribution is 0.0862. The molecule has 0 aromatic heterocycles. The minimum atomic E-state index is -0.0679. The van der Waals surface area contributed by atoms with E-state index in [1.807, 2.05) is 12.1 Å². The number of benzene rings is 2. The normalized spacial score (nSPS) is 22.5. The number of hydrogen-bond acceptors (Lipinski definition) is 3. The molecule has 2 aliphatic rings. The number of nitriles is 1. The predicted octanol–water partition coefficient (Wildman–Crippen LogP) is 4.82. The van der Waals surface area contributed by atoms with E-state index in [-0.39, 0.29) is 11.9 Å². The third kappa shape index (κ3) is 5.03. The lowest BCUT2D eigenvalue weighted by Gasteiger charge is -2.38. The lowest BCUT2D eigenvalue weighted by atomic mass is 9.89. The van der Waals surface area contributed by atoms with Crippen LogP contribution in [0.5, 0.6) is 0 Å². The zero-order valence-electron chi connectivity index (χ0n) is 17.2. The van der Waals surface area contributed by atoms with Crippen LogP contribution >= 0.6 is 11.6 Å². The van der Waals surface area contributed by atoms with Crippen molar-refractivity contribution in [3.05, 3.63) is 70.2 Å². The molecular weight excluding hydrogens is 394 g/mol. The highest BCUT2D eigenvalue weighted by Gasteiger charge is 2.35. The van der Waals surface area contributed by atoms with Gasteiger partial charge in [0.05, 0.1) is 11.6 Å². The summed E-state index contributed by atoms with van der Waals surface area (Å²) in [5.74, 6) is 0.646. The van der Waals surface area contributed by atoms with Crippen LogP contribution in [0, 0.1) is 17.2 Å². The van der Waals surface area contributed by atoms with Crippen molar-refractivity contribution in [2.45, 2.75) is 50.6 Å². The van der Waals surface area contributed by atoms with E-state index in [4.69, 9.17) is 16.9 Å². The van der Waals surface area contributed by atoms with E-state index in [2.05, 4.69) is 28.4 Å². The van der Waals surface area contributed by atoms with E-state index < -0.39 is 0 Å². The largest absolute Gasteiger partial charge is 0.348 e. The van der Waals surface area contributed by atoms with Crippen LogP contribution in [0.3, 0.4) is 0 Å². The second-order valence-corrected chi connectivity index (χ2v) is 9.02. The van der Waals surface area contributed by atoms with Crippen LogP contribution in [0.2, 0.25) is 5.02 Å². The number of nitrogens with zero attached hydrogens (tertiary/aromatic N) is 2. The maximum absolute atomic E-state index is 12.7. The van der Waals surface area contributed by atoms with Gasteiger partial charge in [-0.2, -0.15) is 5.26 Å². The molecule has 1 N–H and O–H groups in total. The fraction of sp³-hybridized carbons (Fsp3) is 0.440. The van der Waals surface area contributed by atoms with Gasteiger partial charge in [0.1, 0.15) is 0 Å². The molecule has 156 valence electrons. The number of carbonyl (C=O) groups is 1. The van der Waals surface area contributed by atoms with Gasteiger partial charge in [-0.3, -0.25) is 9.69 Å². The first kappa shape index (κ1) is 20.9. The van der Waals surface area contributed by atoms with E-state index in [1.54, 1.807) is 24.3 Å². The molecule has 2 atom stereocenters. The van der Waals surface area contributed by atoms with Crippen LogP contribution in [0.25, 0.3) is 0 Å². The van der Waals surface area contributed by atoms with Gasteiger partial charge in [0.25, 0.3) is 5.91 Å². The maximum atomic E-state index is 12.7. The van der Waals surface area contributed by atoms with E-state index in [9.17, 15) is 4.79 Å². The molecule has 0 radical (unpaired) electrons. The molecule has 2 aromatic carbocycles. The molecular formula is C25H28ClN3O. The van der Waals surface area contributed by atoms with Crippen molar-refractivity contribution < 1.29 is 4.79 Å². The van der Waals surface area contributed by atoms with Crippen LogP contribution in [-0.2, 0) is 6.42 Å². The third-order valence-corrected chi connectivity index (χ3v) is 6.86. The number of likely N-dealkylation sites (tertiary alicyclic amines) is 1. The van der Waals surface area contributed by atoms with Gasteiger partial charge < -0.3 is 5.32 Å². The Morgan fingerprint density at radius 1 is 1.10 bits per heavy atom. The second-order valence-electron chi connectivity index (χ2n) is 8.58. The van der Waals surface area contributed by atoms with Gasteiger partial charge >= 0.3 is 0 Å². The van der Waals surface area contributed by atoms with E-state index >= 15 is 0 Å². The number of carbonyl (C=O) groups excluding carboxylic acids is 1. The predicted molar refractivity (Wildman–Crippen MR) is 120 cm³/mol. The molecule has 0 unspecified atom stereocenters. The maximum Gasteiger partial charge on any atom is 0.251 e. The first-order valence-electron chi connectivity index (χ1n) is 10.9. The number of amides is 1. The zero-order valence-corrected chi connectivity index (χ0v) is 17.9. The molecule has 4 nitrogen and oxygen atoms in total. The van der Waals surface area contributed by atoms with E-state index in [0.717, 1.165) is 43.8 Å². The molecule has 1 aliphatic heterocycles. The summed E-state index contributed by atoms with van der Waals surface area (Å²) in [7, 11) is 0. The topological polar surface area (TPSA) is 56.1 Å². The summed E-state index contributed by atoms with van der Waals surface area (Å²) in [6, 6.07) is 17.9. The summed E-state index contributed by atoms with van der Waals surface area (Å²) in [4.78, 5) is 15.3. The first-order chi connectivity index (χ1) is 14.6. The lowest BCUT2D eigenvalue weighted by Crippen LogP contribution is -2.51. The van der Waals surface area contributed by atoms with Crippen molar-refractivity contribution in [2.75, 3.05) is 13.1 Å². The van der Waals surface area contributed by atoms with Crippen LogP contribution in [0.15, 0.2) is 48.5 Å². The average Bonchev–Trinajstić information content (AvgIpc) is 3.24. The van der Waals surface area contributed by atoms with Crippen LogP contribution in [0.1, 0.15) is 53.6 Å². The van der Waals surface area contributed by atoms with Gasteiger partial charge in [-0.15, -0.1) is 0 Å². The first-order valence-corrected chi connectivity index (χ1v) is 11.3. The van der Waals surface area contributed by atoms with E-state index in [1.165, 1.54) is 18.4 Å². The Hall–Kier alpha value is -2.35. The summed E-state index contributed by atoms with van der Waals surface area (Å²) in [6.07, 6.45) is 6.84. The highest BCUT2D eigenvalue weighted by atomic mass is 35.5. The van der Waals surface area contributed by atoms with Gasteiger partial charge in [-0.05, 0) is 93.4 Å². The Morgan fingerprint density at radius 2 is 1.87 bits per heavy atom. The van der Waals surface area contributed by atoms with Gasteiger partial charge in [-0.25, -0.2) is 0 Å². The average molecular weight is 422 g/mol. The standard InChI is InChI=1S/C25H28ClN3O/c26-22-9-7-18(8-10-22)15-19-11-13-29(14-12-19)24-6-2-5-23(24)28-25(30)21-4-1-3-20(16-21)17-27/h1,3-4,7-10,16,19,23-24H,2,5-6,11-15H2,(H,28,30)/t23-,24-/m1/s1. The summed E-state index contributed by atoms with van der Waals surface area (Å²) >= 11 is 6.00. The molecule has 4 rings (SSSR count). The monoisotopic (exact) mass is 421 g/mol. The van der Waals surface area contributed by atoms with Crippen molar-refractivity contribution >= 4 is 17.5 Å². The minimum absolute atomic E-state index is 0.0679. The van der Waals surface area contributed by atoms with Crippen LogP contribution < -0.4 is 5.32 Å². The molecule has 1 saturated heterocycles. The molecule has 1 heterocycles. The SMILES string of the molecule is N#Cc1cccc(C(=O)N[C@@H]2CCC[C@H]2N2CCC(Cc3ccc(Cl)cc3)CC2)c1. The Labute approximate surface area is 183 Å². The smallest absolute Gasteiger partial charge is 0.251 e. The number of piperidine rings is 1. The van der Waals surface area contributed by atoms with Gasteiger partial charge in [0, 0.05) is 22.7 Å². The number of hydrogen-bond donors (Lipinski definition) is 1. The Morgan fingerprint density at radius 3 is 2.60 bits per heavy atom. The highest BCUT2D eigenvalue weighted by Crippen LogP contribution is 2.30. The molecule has 5 heteroatoms. The summed E-state index contributed by atoms with van der Waals surface area (Å²) in [5.41, 5.74) is 2.46. The molecule has 1 aliphatic carbocycles. The number of nitrogens with one attached hydrogen (secondary N) is 1. The van der Waals surface area contributed by atoms with Crippen LogP contribution in [-0.4, -0.2) is 36.0 Å². The van der Waals surface area contributed by atoms with Gasteiger partial charge in [0.15, 0.2) is 0 Å². The quantitative estimate of drug-likeness (QED) is 0.753. The van der Waals surface area contributed by atoms with Crippen molar-refractivity contribution in [1.82, 2.24) is 10.2 Å². The van der Waals surface area contributed by atoms with Crippen molar-refractivity contribution in [3.63, 3.8) is 0 Å². The molecule has 1 saturated carbocycles. The molecule has 1 amide bonds.